The van der Waals surface area contributed by atoms with E-state index in [0.717, 1.165) is 22.9 Å². The topological polar surface area (TPSA) is 81.1 Å². The van der Waals surface area contributed by atoms with Crippen molar-refractivity contribution in [2.75, 3.05) is 13.7 Å². The highest BCUT2D eigenvalue weighted by Crippen LogP contribution is 2.27. The molecule has 0 aliphatic carbocycles. The highest BCUT2D eigenvalue weighted by molar-refractivity contribution is 5.84. The lowest BCUT2D eigenvalue weighted by atomic mass is 10.0. The molecule has 0 N–H and O–H groups in total. The zero-order valence-corrected chi connectivity index (χ0v) is 14.1. The standard InChI is InChI=1S/C19H19NO5/c1-3-16-18(24-16)11-23-19(21)25-17(10-20)14-5-4-13-9-15(22-2)7-6-12(13)8-14/h4-9,16-18H,3,11H2,1-2H3. The van der Waals surface area contributed by atoms with Gasteiger partial charge in [-0.05, 0) is 35.4 Å². The Morgan fingerprint density at radius 1 is 1.24 bits per heavy atom. The third kappa shape index (κ3) is 4.01. The molecule has 25 heavy (non-hydrogen) atoms. The van der Waals surface area contributed by atoms with E-state index in [4.69, 9.17) is 18.9 Å². The zero-order chi connectivity index (χ0) is 17.8. The van der Waals surface area contributed by atoms with Gasteiger partial charge in [0.1, 0.15) is 24.5 Å². The number of nitriles is 1. The number of nitrogens with zero attached hydrogens (tertiary/aromatic N) is 1. The summed E-state index contributed by atoms with van der Waals surface area (Å²) in [6.07, 6.45) is -0.926. The van der Waals surface area contributed by atoms with Crippen LogP contribution >= 0.6 is 0 Å². The van der Waals surface area contributed by atoms with Gasteiger partial charge in [-0.3, -0.25) is 0 Å². The Hall–Kier alpha value is -2.78. The van der Waals surface area contributed by atoms with Crippen LogP contribution in [0.4, 0.5) is 4.79 Å². The molecule has 1 heterocycles. The van der Waals surface area contributed by atoms with Gasteiger partial charge < -0.3 is 18.9 Å². The third-order valence-corrected chi connectivity index (χ3v) is 4.16. The second-order valence-corrected chi connectivity index (χ2v) is 5.78. The second kappa shape index (κ2) is 7.41. The van der Waals surface area contributed by atoms with Gasteiger partial charge in [0, 0.05) is 5.56 Å². The van der Waals surface area contributed by atoms with E-state index in [-0.39, 0.29) is 18.8 Å². The summed E-state index contributed by atoms with van der Waals surface area (Å²) in [5.74, 6) is 0.754. The minimum atomic E-state index is -1.03. The quantitative estimate of drug-likeness (QED) is 0.588. The van der Waals surface area contributed by atoms with Crippen molar-refractivity contribution < 1.29 is 23.7 Å². The van der Waals surface area contributed by atoms with Crippen LogP contribution in [0.1, 0.15) is 25.0 Å². The Morgan fingerprint density at radius 2 is 2.00 bits per heavy atom. The van der Waals surface area contributed by atoms with Crippen LogP contribution in [0.5, 0.6) is 5.75 Å². The van der Waals surface area contributed by atoms with Crippen LogP contribution in [-0.4, -0.2) is 32.1 Å². The van der Waals surface area contributed by atoms with Gasteiger partial charge in [0.2, 0.25) is 6.10 Å². The molecule has 0 spiro atoms. The lowest BCUT2D eigenvalue weighted by molar-refractivity contribution is 0.0347. The molecule has 0 bridgehead atoms. The summed E-state index contributed by atoms with van der Waals surface area (Å²) in [5, 5.41) is 11.2. The summed E-state index contributed by atoms with van der Waals surface area (Å²) >= 11 is 0. The lowest BCUT2D eigenvalue weighted by Gasteiger charge is -2.12. The molecule has 0 radical (unpaired) electrons. The van der Waals surface area contributed by atoms with Crippen molar-refractivity contribution >= 4 is 16.9 Å². The Labute approximate surface area is 145 Å². The van der Waals surface area contributed by atoms with Gasteiger partial charge in [0.15, 0.2) is 0 Å². The highest BCUT2D eigenvalue weighted by atomic mass is 16.7. The van der Waals surface area contributed by atoms with Gasteiger partial charge in [0.05, 0.1) is 13.2 Å². The van der Waals surface area contributed by atoms with Gasteiger partial charge in [0.25, 0.3) is 0 Å². The number of hydrogen-bond acceptors (Lipinski definition) is 6. The summed E-state index contributed by atoms with van der Waals surface area (Å²) in [6, 6.07) is 13.0. The van der Waals surface area contributed by atoms with Gasteiger partial charge >= 0.3 is 6.16 Å². The predicted octanol–water partition coefficient (Wildman–Crippen LogP) is 3.74. The number of ether oxygens (including phenoxy) is 4. The van der Waals surface area contributed by atoms with Crippen LogP contribution < -0.4 is 4.74 Å². The number of carbonyl (C=O) groups excluding carboxylic acids is 1. The van der Waals surface area contributed by atoms with Crippen LogP contribution in [0.25, 0.3) is 10.8 Å². The molecule has 2 aromatic rings. The number of rotatable bonds is 6. The zero-order valence-electron chi connectivity index (χ0n) is 14.1. The summed E-state index contributed by atoms with van der Waals surface area (Å²) in [6.45, 7) is 2.15. The minimum Gasteiger partial charge on any atom is -0.497 e. The summed E-state index contributed by atoms with van der Waals surface area (Å²) < 4.78 is 20.6. The first-order valence-corrected chi connectivity index (χ1v) is 8.10. The normalized spacial score (nSPS) is 19.7. The van der Waals surface area contributed by atoms with E-state index in [9.17, 15) is 10.1 Å². The lowest BCUT2D eigenvalue weighted by Crippen LogP contribution is -2.15. The van der Waals surface area contributed by atoms with Crippen molar-refractivity contribution in [3.05, 3.63) is 42.0 Å². The fraction of sp³-hybridized carbons (Fsp3) is 0.368. The maximum atomic E-state index is 11.8. The fourth-order valence-electron chi connectivity index (χ4n) is 2.67. The molecule has 2 aromatic carbocycles. The number of fused-ring (bicyclic) bond motifs is 1. The molecule has 1 aliphatic rings. The fourth-order valence-corrected chi connectivity index (χ4v) is 2.67. The third-order valence-electron chi connectivity index (χ3n) is 4.16. The molecule has 6 nitrogen and oxygen atoms in total. The molecular weight excluding hydrogens is 322 g/mol. The molecular formula is C19H19NO5. The maximum Gasteiger partial charge on any atom is 0.510 e. The van der Waals surface area contributed by atoms with Crippen LogP contribution in [0.2, 0.25) is 0 Å². The van der Waals surface area contributed by atoms with E-state index in [1.165, 1.54) is 0 Å². The van der Waals surface area contributed by atoms with Crippen molar-refractivity contribution in [2.24, 2.45) is 0 Å². The summed E-state index contributed by atoms with van der Waals surface area (Å²) in [7, 11) is 1.61. The molecule has 1 aliphatic heterocycles. The molecule has 130 valence electrons. The average molecular weight is 341 g/mol. The molecule has 6 heteroatoms. The number of methoxy groups -OCH3 is 1. The molecule has 3 unspecified atom stereocenters. The van der Waals surface area contributed by atoms with Gasteiger partial charge in [-0.15, -0.1) is 0 Å². The second-order valence-electron chi connectivity index (χ2n) is 5.78. The Bertz CT molecular complexity index is 813. The molecule has 1 fully saturated rings. The average Bonchev–Trinajstić information content (AvgIpc) is 3.42. The van der Waals surface area contributed by atoms with Crippen LogP contribution in [0.15, 0.2) is 36.4 Å². The van der Waals surface area contributed by atoms with E-state index in [2.05, 4.69) is 0 Å². The van der Waals surface area contributed by atoms with E-state index >= 15 is 0 Å². The largest absolute Gasteiger partial charge is 0.510 e. The molecule has 3 rings (SSSR count). The van der Waals surface area contributed by atoms with Gasteiger partial charge in [-0.25, -0.2) is 4.79 Å². The van der Waals surface area contributed by atoms with E-state index < -0.39 is 12.3 Å². The first kappa shape index (κ1) is 17.1. The first-order chi connectivity index (χ1) is 12.1. The molecule has 3 atom stereocenters. The molecule has 0 amide bonds. The van der Waals surface area contributed by atoms with Crippen LogP contribution in [0, 0.1) is 11.3 Å². The van der Waals surface area contributed by atoms with E-state index in [0.29, 0.717) is 5.56 Å². The maximum absolute atomic E-state index is 11.8. The van der Waals surface area contributed by atoms with Crippen molar-refractivity contribution in [1.82, 2.24) is 0 Å². The van der Waals surface area contributed by atoms with Crippen LogP contribution in [-0.2, 0) is 14.2 Å². The van der Waals surface area contributed by atoms with E-state index in [1.54, 1.807) is 13.2 Å². The first-order valence-electron chi connectivity index (χ1n) is 8.10. The van der Waals surface area contributed by atoms with Crippen molar-refractivity contribution in [3.63, 3.8) is 0 Å². The number of benzene rings is 2. The molecule has 1 saturated heterocycles. The Balaban J connectivity index is 1.65. The molecule has 0 saturated carbocycles. The number of carbonyl (C=O) groups is 1. The van der Waals surface area contributed by atoms with Gasteiger partial charge in [-0.1, -0.05) is 25.1 Å². The van der Waals surface area contributed by atoms with Crippen molar-refractivity contribution in [2.45, 2.75) is 31.7 Å². The number of epoxide rings is 1. The Kier molecular flexibility index (Phi) is 5.05. The Morgan fingerprint density at radius 3 is 2.68 bits per heavy atom. The highest BCUT2D eigenvalue weighted by Gasteiger charge is 2.38. The minimum absolute atomic E-state index is 0.0614. The SMILES string of the molecule is CCC1OC1COC(=O)OC(C#N)c1ccc2cc(OC)ccc2c1. The molecule has 0 aromatic heterocycles. The van der Waals surface area contributed by atoms with Crippen molar-refractivity contribution in [1.29, 1.82) is 5.26 Å². The monoisotopic (exact) mass is 341 g/mol. The summed E-state index contributed by atoms with van der Waals surface area (Å²) in [4.78, 5) is 11.8. The van der Waals surface area contributed by atoms with Gasteiger partial charge in [-0.2, -0.15) is 5.26 Å². The predicted molar refractivity (Wildman–Crippen MR) is 90.2 cm³/mol. The summed E-state index contributed by atoms with van der Waals surface area (Å²) in [5.41, 5.74) is 0.589. The van der Waals surface area contributed by atoms with E-state index in [1.807, 2.05) is 43.3 Å². The van der Waals surface area contributed by atoms with Crippen molar-refractivity contribution in [3.8, 4) is 11.8 Å². The number of hydrogen-bond donors (Lipinski definition) is 0. The smallest absolute Gasteiger partial charge is 0.497 e. The van der Waals surface area contributed by atoms with Crippen LogP contribution in [0.3, 0.4) is 0 Å².